The lowest BCUT2D eigenvalue weighted by Gasteiger charge is -2.26. The molecule has 0 spiro atoms. The van der Waals surface area contributed by atoms with Gasteiger partial charge in [0, 0.05) is 25.4 Å². The SMILES string of the molecule is CCn1cnnc1SCc1cccc(S(=O)(=O)N2CCOCC2)c1. The summed E-state index contributed by atoms with van der Waals surface area (Å²) in [5.74, 6) is 0.644. The second-order valence-electron chi connectivity index (χ2n) is 5.35. The van der Waals surface area contributed by atoms with Gasteiger partial charge in [-0.2, -0.15) is 4.31 Å². The predicted octanol–water partition coefficient (Wildman–Crippen LogP) is 1.61. The van der Waals surface area contributed by atoms with Gasteiger partial charge in [-0.3, -0.25) is 0 Å². The van der Waals surface area contributed by atoms with Crippen molar-refractivity contribution in [2.45, 2.75) is 29.3 Å². The average molecular weight is 368 g/mol. The third kappa shape index (κ3) is 3.80. The van der Waals surface area contributed by atoms with Crippen LogP contribution in [0.5, 0.6) is 0 Å². The molecule has 2 heterocycles. The number of aromatic nitrogens is 3. The minimum absolute atomic E-state index is 0.333. The molecule has 1 aromatic heterocycles. The van der Waals surface area contributed by atoms with Crippen LogP contribution >= 0.6 is 11.8 Å². The van der Waals surface area contributed by atoms with Crippen LogP contribution in [0.3, 0.4) is 0 Å². The first kappa shape index (κ1) is 17.4. The van der Waals surface area contributed by atoms with Gasteiger partial charge in [0.25, 0.3) is 0 Å². The van der Waals surface area contributed by atoms with Gasteiger partial charge >= 0.3 is 0 Å². The van der Waals surface area contributed by atoms with Crippen LogP contribution in [0.2, 0.25) is 0 Å². The fraction of sp³-hybridized carbons (Fsp3) is 0.467. The molecule has 0 atom stereocenters. The van der Waals surface area contributed by atoms with Crippen LogP contribution in [-0.4, -0.2) is 53.8 Å². The molecule has 0 aliphatic carbocycles. The molecular formula is C15H20N4O3S2. The van der Waals surface area contributed by atoms with Gasteiger partial charge in [-0.15, -0.1) is 10.2 Å². The number of hydrogen-bond donors (Lipinski definition) is 0. The number of thioether (sulfide) groups is 1. The molecule has 1 fully saturated rings. The summed E-state index contributed by atoms with van der Waals surface area (Å²) in [6, 6.07) is 7.10. The van der Waals surface area contributed by atoms with E-state index in [1.807, 2.05) is 17.6 Å². The Kier molecular flexibility index (Phi) is 5.54. The van der Waals surface area contributed by atoms with Gasteiger partial charge in [-0.05, 0) is 24.6 Å². The molecule has 2 aromatic rings. The molecule has 1 aliphatic heterocycles. The molecule has 0 N–H and O–H groups in total. The van der Waals surface area contributed by atoms with Crippen molar-refractivity contribution in [2.75, 3.05) is 26.3 Å². The van der Waals surface area contributed by atoms with E-state index in [1.165, 1.54) is 4.31 Å². The Morgan fingerprint density at radius 1 is 1.29 bits per heavy atom. The zero-order valence-corrected chi connectivity index (χ0v) is 15.1. The average Bonchev–Trinajstić information content (AvgIpc) is 3.08. The van der Waals surface area contributed by atoms with Crippen LogP contribution in [0.25, 0.3) is 0 Å². The summed E-state index contributed by atoms with van der Waals surface area (Å²) in [6.07, 6.45) is 1.70. The summed E-state index contributed by atoms with van der Waals surface area (Å²) in [5.41, 5.74) is 0.944. The van der Waals surface area contributed by atoms with E-state index in [9.17, 15) is 8.42 Å². The number of rotatable bonds is 6. The van der Waals surface area contributed by atoms with E-state index in [1.54, 1.807) is 36.3 Å². The zero-order chi connectivity index (χ0) is 17.0. The maximum Gasteiger partial charge on any atom is 0.243 e. The molecule has 24 heavy (non-hydrogen) atoms. The first-order chi connectivity index (χ1) is 11.6. The number of morpholine rings is 1. The number of aryl methyl sites for hydroxylation is 1. The zero-order valence-electron chi connectivity index (χ0n) is 13.5. The van der Waals surface area contributed by atoms with Gasteiger partial charge in [-0.25, -0.2) is 8.42 Å². The Balaban J connectivity index is 1.74. The maximum absolute atomic E-state index is 12.7. The first-order valence-electron chi connectivity index (χ1n) is 7.78. The lowest BCUT2D eigenvalue weighted by molar-refractivity contribution is 0.0730. The summed E-state index contributed by atoms with van der Waals surface area (Å²) in [5, 5.41) is 8.82. The van der Waals surface area contributed by atoms with Crippen LogP contribution in [0.4, 0.5) is 0 Å². The normalized spacial score (nSPS) is 16.4. The molecule has 0 unspecified atom stereocenters. The topological polar surface area (TPSA) is 77.3 Å². The quantitative estimate of drug-likeness (QED) is 0.721. The summed E-state index contributed by atoms with van der Waals surface area (Å²) in [7, 11) is -3.46. The van der Waals surface area contributed by atoms with E-state index in [2.05, 4.69) is 10.2 Å². The lowest BCUT2D eigenvalue weighted by Crippen LogP contribution is -2.40. The Morgan fingerprint density at radius 2 is 2.08 bits per heavy atom. The van der Waals surface area contributed by atoms with Gasteiger partial charge in [0.05, 0.1) is 18.1 Å². The highest BCUT2D eigenvalue weighted by Crippen LogP contribution is 2.24. The summed E-state index contributed by atoms with van der Waals surface area (Å²) in [4.78, 5) is 0.333. The summed E-state index contributed by atoms with van der Waals surface area (Å²) < 4.78 is 34.1. The van der Waals surface area contributed by atoms with Crippen LogP contribution in [-0.2, 0) is 27.1 Å². The van der Waals surface area contributed by atoms with E-state index in [0.29, 0.717) is 37.0 Å². The second kappa shape index (κ2) is 7.64. The Hall–Kier alpha value is -1.42. The Labute approximate surface area is 146 Å². The first-order valence-corrected chi connectivity index (χ1v) is 10.2. The molecule has 1 aliphatic rings. The van der Waals surface area contributed by atoms with Gasteiger partial charge in [-0.1, -0.05) is 23.9 Å². The van der Waals surface area contributed by atoms with E-state index in [4.69, 9.17) is 4.74 Å². The molecule has 0 saturated carbocycles. The molecule has 1 saturated heterocycles. The minimum Gasteiger partial charge on any atom is -0.379 e. The van der Waals surface area contributed by atoms with Crippen molar-refractivity contribution in [3.05, 3.63) is 36.2 Å². The third-order valence-corrected chi connectivity index (χ3v) is 6.74. The van der Waals surface area contributed by atoms with Crippen molar-refractivity contribution in [3.63, 3.8) is 0 Å². The standard InChI is InChI=1S/C15H20N4O3S2/c1-2-18-12-16-17-15(18)23-11-13-4-3-5-14(10-13)24(20,21)19-6-8-22-9-7-19/h3-5,10,12H,2,6-9,11H2,1H3. The Morgan fingerprint density at radius 3 is 2.83 bits per heavy atom. The van der Waals surface area contributed by atoms with Crippen molar-refractivity contribution >= 4 is 21.8 Å². The molecule has 9 heteroatoms. The van der Waals surface area contributed by atoms with Crippen molar-refractivity contribution in [3.8, 4) is 0 Å². The molecule has 7 nitrogen and oxygen atoms in total. The van der Waals surface area contributed by atoms with Gasteiger partial charge in [0.1, 0.15) is 6.33 Å². The number of sulfonamides is 1. The van der Waals surface area contributed by atoms with Crippen molar-refractivity contribution in [1.82, 2.24) is 19.1 Å². The molecule has 3 rings (SSSR count). The molecule has 0 radical (unpaired) electrons. The summed E-state index contributed by atoms with van der Waals surface area (Å²) in [6.45, 7) is 4.54. The number of nitrogens with zero attached hydrogens (tertiary/aromatic N) is 4. The van der Waals surface area contributed by atoms with Crippen LogP contribution < -0.4 is 0 Å². The fourth-order valence-electron chi connectivity index (χ4n) is 2.45. The van der Waals surface area contributed by atoms with Crippen LogP contribution in [0, 0.1) is 0 Å². The number of benzene rings is 1. The highest BCUT2D eigenvalue weighted by atomic mass is 32.2. The Bertz CT molecular complexity index is 786. The molecule has 0 amide bonds. The van der Waals surface area contributed by atoms with Crippen molar-refractivity contribution < 1.29 is 13.2 Å². The third-order valence-electron chi connectivity index (χ3n) is 3.79. The van der Waals surface area contributed by atoms with E-state index >= 15 is 0 Å². The number of hydrogen-bond acceptors (Lipinski definition) is 6. The highest BCUT2D eigenvalue weighted by molar-refractivity contribution is 7.98. The second-order valence-corrected chi connectivity index (χ2v) is 8.23. The van der Waals surface area contributed by atoms with Crippen LogP contribution in [0.15, 0.2) is 40.6 Å². The van der Waals surface area contributed by atoms with E-state index < -0.39 is 10.0 Å². The van der Waals surface area contributed by atoms with Crippen LogP contribution in [0.1, 0.15) is 12.5 Å². The minimum atomic E-state index is -3.46. The number of ether oxygens (including phenoxy) is 1. The summed E-state index contributed by atoms with van der Waals surface area (Å²) >= 11 is 1.55. The van der Waals surface area contributed by atoms with Crippen molar-refractivity contribution in [1.29, 1.82) is 0 Å². The molecular weight excluding hydrogens is 348 g/mol. The van der Waals surface area contributed by atoms with E-state index in [-0.39, 0.29) is 0 Å². The molecule has 1 aromatic carbocycles. The van der Waals surface area contributed by atoms with Gasteiger partial charge < -0.3 is 9.30 Å². The fourth-order valence-corrected chi connectivity index (χ4v) is 4.85. The smallest absolute Gasteiger partial charge is 0.243 e. The lowest BCUT2D eigenvalue weighted by atomic mass is 10.2. The molecule has 0 bridgehead atoms. The highest BCUT2D eigenvalue weighted by Gasteiger charge is 2.26. The predicted molar refractivity (Wildman–Crippen MR) is 91.3 cm³/mol. The van der Waals surface area contributed by atoms with Crippen molar-refractivity contribution in [2.24, 2.45) is 0 Å². The van der Waals surface area contributed by atoms with Gasteiger partial charge in [0.2, 0.25) is 10.0 Å². The maximum atomic E-state index is 12.7. The van der Waals surface area contributed by atoms with E-state index in [0.717, 1.165) is 17.3 Å². The largest absolute Gasteiger partial charge is 0.379 e. The molecule has 130 valence electrons. The van der Waals surface area contributed by atoms with Gasteiger partial charge in [0.15, 0.2) is 5.16 Å². The monoisotopic (exact) mass is 368 g/mol.